The van der Waals surface area contributed by atoms with Crippen LogP contribution in [0.4, 0.5) is 10.1 Å². The molecule has 96 valence electrons. The second-order valence-electron chi connectivity index (χ2n) is 4.17. The Balaban J connectivity index is 1.76. The highest BCUT2D eigenvalue weighted by atomic mass is 32.2. The minimum Gasteiger partial charge on any atom is -0.396 e. The van der Waals surface area contributed by atoms with Crippen LogP contribution in [0.15, 0.2) is 47.4 Å². The third-order valence-corrected chi connectivity index (χ3v) is 3.79. The molecule has 2 aromatic carbocycles. The van der Waals surface area contributed by atoms with E-state index in [0.717, 1.165) is 21.8 Å². The number of halogens is 1. The maximum atomic E-state index is 13.3. The van der Waals surface area contributed by atoms with Gasteiger partial charge in [0, 0.05) is 4.90 Å². The lowest BCUT2D eigenvalue weighted by Gasteiger charge is -2.01. The molecular formula is C14H12FN3S. The van der Waals surface area contributed by atoms with Gasteiger partial charge in [0.05, 0.1) is 22.5 Å². The van der Waals surface area contributed by atoms with Gasteiger partial charge in [-0.1, -0.05) is 12.1 Å². The summed E-state index contributed by atoms with van der Waals surface area (Å²) in [6, 6.07) is 12.7. The number of H-pyrrole nitrogens is 1. The molecule has 3 nitrogen and oxygen atoms in total. The van der Waals surface area contributed by atoms with E-state index in [2.05, 4.69) is 9.97 Å². The summed E-state index contributed by atoms with van der Waals surface area (Å²) in [5.74, 6) is 1.16. The van der Waals surface area contributed by atoms with Crippen LogP contribution in [-0.2, 0) is 5.75 Å². The van der Waals surface area contributed by atoms with Crippen LogP contribution in [-0.4, -0.2) is 9.97 Å². The number of nitrogens with zero attached hydrogens (tertiary/aromatic N) is 1. The van der Waals surface area contributed by atoms with Gasteiger partial charge >= 0.3 is 0 Å². The minimum absolute atomic E-state index is 0.174. The summed E-state index contributed by atoms with van der Waals surface area (Å²) in [5, 5.41) is 0. The van der Waals surface area contributed by atoms with Crippen molar-refractivity contribution in [3.05, 3.63) is 54.1 Å². The summed E-state index contributed by atoms with van der Waals surface area (Å²) in [5.41, 5.74) is 7.58. The number of nitrogens with one attached hydrogen (secondary N) is 1. The number of aromatic nitrogens is 2. The van der Waals surface area contributed by atoms with Crippen LogP contribution < -0.4 is 5.73 Å². The van der Waals surface area contributed by atoms with Crippen LogP contribution in [0.25, 0.3) is 11.0 Å². The Morgan fingerprint density at radius 2 is 2.05 bits per heavy atom. The molecule has 0 unspecified atom stereocenters. The van der Waals surface area contributed by atoms with Gasteiger partial charge in [-0.2, -0.15) is 0 Å². The molecule has 0 aliphatic heterocycles. The summed E-state index contributed by atoms with van der Waals surface area (Å²) in [6.45, 7) is 0. The number of rotatable bonds is 3. The first kappa shape index (κ1) is 12.0. The van der Waals surface area contributed by atoms with Crippen molar-refractivity contribution in [2.24, 2.45) is 0 Å². The highest BCUT2D eigenvalue weighted by molar-refractivity contribution is 7.98. The van der Waals surface area contributed by atoms with E-state index in [9.17, 15) is 4.39 Å². The number of hydrogen-bond donors (Lipinski definition) is 2. The number of hydrogen-bond acceptors (Lipinski definition) is 3. The first-order valence-corrected chi connectivity index (χ1v) is 6.82. The molecule has 0 saturated heterocycles. The molecule has 3 rings (SSSR count). The van der Waals surface area contributed by atoms with Gasteiger partial charge in [0.2, 0.25) is 0 Å². The molecule has 1 heterocycles. The van der Waals surface area contributed by atoms with Crippen molar-refractivity contribution in [3.63, 3.8) is 0 Å². The number of para-hydroxylation sites is 2. The Labute approximate surface area is 114 Å². The number of anilines is 1. The average Bonchev–Trinajstić information content (AvgIpc) is 2.83. The monoisotopic (exact) mass is 273 g/mol. The quantitative estimate of drug-likeness (QED) is 0.566. The summed E-state index contributed by atoms with van der Waals surface area (Å²) in [6.07, 6.45) is 0. The van der Waals surface area contributed by atoms with Gasteiger partial charge in [-0.25, -0.2) is 9.37 Å². The van der Waals surface area contributed by atoms with E-state index in [1.54, 1.807) is 6.07 Å². The molecule has 0 fully saturated rings. The molecule has 0 aliphatic carbocycles. The van der Waals surface area contributed by atoms with Crippen LogP contribution in [0.2, 0.25) is 0 Å². The van der Waals surface area contributed by atoms with Crippen molar-refractivity contribution in [2.45, 2.75) is 10.6 Å². The lowest BCUT2D eigenvalue weighted by molar-refractivity contribution is 0.629. The molecule has 0 atom stereocenters. The fourth-order valence-corrected chi connectivity index (χ4v) is 2.61. The smallest absolute Gasteiger partial charge is 0.147 e. The number of aromatic amines is 1. The predicted molar refractivity (Wildman–Crippen MR) is 76.5 cm³/mol. The van der Waals surface area contributed by atoms with Crippen molar-refractivity contribution in [3.8, 4) is 0 Å². The first-order chi connectivity index (χ1) is 9.22. The van der Waals surface area contributed by atoms with E-state index in [0.29, 0.717) is 5.75 Å². The normalized spacial score (nSPS) is 11.0. The second kappa shape index (κ2) is 4.93. The van der Waals surface area contributed by atoms with E-state index in [4.69, 9.17) is 5.73 Å². The predicted octanol–water partition coefficient (Wildman–Crippen LogP) is 3.58. The third kappa shape index (κ3) is 2.56. The van der Waals surface area contributed by atoms with Crippen LogP contribution in [0.1, 0.15) is 5.82 Å². The molecule has 3 N–H and O–H groups in total. The number of nitrogens with two attached hydrogens (primary N) is 1. The molecule has 0 radical (unpaired) electrons. The molecule has 1 aromatic heterocycles. The first-order valence-electron chi connectivity index (χ1n) is 5.84. The number of benzene rings is 2. The number of nitrogen functional groups attached to an aromatic ring is 1. The Kier molecular flexibility index (Phi) is 3.13. The summed E-state index contributed by atoms with van der Waals surface area (Å²) in [7, 11) is 0. The summed E-state index contributed by atoms with van der Waals surface area (Å²) < 4.78 is 13.3. The van der Waals surface area contributed by atoms with Gasteiger partial charge in [0.1, 0.15) is 11.6 Å². The van der Waals surface area contributed by atoms with Crippen LogP contribution in [0.5, 0.6) is 0 Å². The van der Waals surface area contributed by atoms with E-state index < -0.39 is 0 Å². The maximum absolute atomic E-state index is 13.3. The molecule has 0 aliphatic rings. The standard InChI is InChI=1S/C14H12FN3S/c15-10-7-9(5-6-11(10)16)19-8-14-17-12-3-1-2-4-13(12)18-14/h1-7H,8,16H2,(H,17,18). The average molecular weight is 273 g/mol. The van der Waals surface area contributed by atoms with Gasteiger partial charge in [0.25, 0.3) is 0 Å². The summed E-state index contributed by atoms with van der Waals surface area (Å²) in [4.78, 5) is 8.55. The number of imidazole rings is 1. The van der Waals surface area contributed by atoms with Crippen molar-refractivity contribution in [1.29, 1.82) is 0 Å². The molecule has 0 saturated carbocycles. The lowest BCUT2D eigenvalue weighted by atomic mass is 10.3. The Morgan fingerprint density at radius 3 is 2.84 bits per heavy atom. The highest BCUT2D eigenvalue weighted by Crippen LogP contribution is 2.25. The van der Waals surface area contributed by atoms with Crippen molar-refractivity contribution in [2.75, 3.05) is 5.73 Å². The second-order valence-corrected chi connectivity index (χ2v) is 5.22. The molecule has 5 heteroatoms. The van der Waals surface area contributed by atoms with Crippen molar-refractivity contribution < 1.29 is 4.39 Å². The van der Waals surface area contributed by atoms with E-state index in [-0.39, 0.29) is 11.5 Å². The molecule has 0 spiro atoms. The molecule has 0 amide bonds. The fraction of sp³-hybridized carbons (Fsp3) is 0.0714. The van der Waals surface area contributed by atoms with Gasteiger partial charge < -0.3 is 10.7 Å². The zero-order valence-corrected chi connectivity index (χ0v) is 10.9. The van der Waals surface area contributed by atoms with Crippen molar-refractivity contribution in [1.82, 2.24) is 9.97 Å². The minimum atomic E-state index is -0.380. The molecule has 0 bridgehead atoms. The number of fused-ring (bicyclic) bond motifs is 1. The topological polar surface area (TPSA) is 54.7 Å². The van der Waals surface area contributed by atoms with Crippen LogP contribution in [0.3, 0.4) is 0 Å². The van der Waals surface area contributed by atoms with Gasteiger partial charge in [-0.3, -0.25) is 0 Å². The molecule has 3 aromatic rings. The van der Waals surface area contributed by atoms with E-state index in [1.165, 1.54) is 17.8 Å². The highest BCUT2D eigenvalue weighted by Gasteiger charge is 2.04. The van der Waals surface area contributed by atoms with Gasteiger partial charge in [0.15, 0.2) is 0 Å². The summed E-state index contributed by atoms with van der Waals surface area (Å²) >= 11 is 1.52. The Morgan fingerprint density at radius 1 is 1.21 bits per heavy atom. The van der Waals surface area contributed by atoms with Gasteiger partial charge in [-0.05, 0) is 30.3 Å². The Hall–Kier alpha value is -2.01. The number of thioether (sulfide) groups is 1. The van der Waals surface area contributed by atoms with Gasteiger partial charge in [-0.15, -0.1) is 11.8 Å². The Bertz CT molecular complexity index is 691. The lowest BCUT2D eigenvalue weighted by Crippen LogP contribution is -1.90. The third-order valence-electron chi connectivity index (χ3n) is 2.79. The van der Waals surface area contributed by atoms with Crippen LogP contribution in [0, 0.1) is 5.82 Å². The maximum Gasteiger partial charge on any atom is 0.147 e. The molecule has 19 heavy (non-hydrogen) atoms. The zero-order chi connectivity index (χ0) is 13.2. The van der Waals surface area contributed by atoms with Crippen LogP contribution >= 0.6 is 11.8 Å². The molecular weight excluding hydrogens is 261 g/mol. The van der Waals surface area contributed by atoms with Crippen molar-refractivity contribution >= 4 is 28.5 Å². The van der Waals surface area contributed by atoms with E-state index >= 15 is 0 Å². The fourth-order valence-electron chi connectivity index (χ4n) is 1.82. The SMILES string of the molecule is Nc1ccc(SCc2nc3ccccc3[nH]2)cc1F. The zero-order valence-electron chi connectivity index (χ0n) is 10.1. The van der Waals surface area contributed by atoms with E-state index in [1.807, 2.05) is 30.3 Å². The largest absolute Gasteiger partial charge is 0.396 e.